The van der Waals surface area contributed by atoms with Crippen LogP contribution < -0.4 is 10.2 Å². The summed E-state index contributed by atoms with van der Waals surface area (Å²) in [6.07, 6.45) is 0. The topological polar surface area (TPSA) is 74.2 Å². The quantitative estimate of drug-likeness (QED) is 0.563. The van der Waals surface area contributed by atoms with Gasteiger partial charge in [-0.2, -0.15) is 0 Å². The SMILES string of the molecule is CCOC(=O)[C@@H]1C(=O)NC(N2CCN(c3ccc(F)cc3)CC2)=N[C@H]1c1ccc(Cl)cc1. The number of nitrogens with one attached hydrogen (secondary N) is 1. The van der Waals surface area contributed by atoms with Crippen LogP contribution in [-0.4, -0.2) is 55.5 Å². The van der Waals surface area contributed by atoms with Crippen molar-refractivity contribution < 1.29 is 18.7 Å². The predicted molar refractivity (Wildman–Crippen MR) is 120 cm³/mol. The van der Waals surface area contributed by atoms with Gasteiger partial charge in [0.25, 0.3) is 0 Å². The second-order valence-corrected chi connectivity index (χ2v) is 8.06. The van der Waals surface area contributed by atoms with Gasteiger partial charge in [0.15, 0.2) is 5.92 Å². The highest BCUT2D eigenvalue weighted by atomic mass is 35.5. The minimum atomic E-state index is -1.07. The summed E-state index contributed by atoms with van der Waals surface area (Å²) in [5, 5.41) is 3.35. The molecule has 1 amide bonds. The zero-order valence-electron chi connectivity index (χ0n) is 17.6. The number of aliphatic imine (C=N–C) groups is 1. The normalized spacial score (nSPS) is 21.1. The molecule has 2 aromatic carbocycles. The first kappa shape index (κ1) is 22.1. The fraction of sp³-hybridized carbons (Fsp3) is 0.348. The molecule has 0 spiro atoms. The molecule has 0 aromatic heterocycles. The van der Waals surface area contributed by atoms with Gasteiger partial charge in [-0.25, -0.2) is 9.38 Å². The van der Waals surface area contributed by atoms with E-state index in [-0.39, 0.29) is 12.4 Å². The number of amides is 1. The number of hydrogen-bond acceptors (Lipinski definition) is 6. The van der Waals surface area contributed by atoms with E-state index >= 15 is 0 Å². The largest absolute Gasteiger partial charge is 0.465 e. The van der Waals surface area contributed by atoms with Crippen LogP contribution in [0.2, 0.25) is 5.02 Å². The van der Waals surface area contributed by atoms with Gasteiger partial charge in [0, 0.05) is 36.9 Å². The highest BCUT2D eigenvalue weighted by Crippen LogP contribution is 2.32. The summed E-state index contributed by atoms with van der Waals surface area (Å²) in [4.78, 5) is 34.4. The Bertz CT molecular complexity index is 1000. The number of guanidine groups is 1. The van der Waals surface area contributed by atoms with Crippen molar-refractivity contribution >= 4 is 35.1 Å². The van der Waals surface area contributed by atoms with Crippen molar-refractivity contribution in [2.45, 2.75) is 13.0 Å². The van der Waals surface area contributed by atoms with Crippen molar-refractivity contribution in [2.24, 2.45) is 10.9 Å². The van der Waals surface area contributed by atoms with E-state index in [0.717, 1.165) is 5.69 Å². The Hall–Kier alpha value is -3.13. The van der Waals surface area contributed by atoms with E-state index in [4.69, 9.17) is 21.3 Å². The molecular weight excluding hydrogens is 435 g/mol. The summed E-state index contributed by atoms with van der Waals surface area (Å²) in [7, 11) is 0. The lowest BCUT2D eigenvalue weighted by atomic mass is 9.91. The maximum absolute atomic E-state index is 13.2. The third-order valence-electron chi connectivity index (χ3n) is 5.62. The third kappa shape index (κ3) is 4.70. The number of esters is 1. The highest BCUT2D eigenvalue weighted by molar-refractivity contribution is 6.30. The average molecular weight is 459 g/mol. The summed E-state index contributed by atoms with van der Waals surface area (Å²) in [6.45, 7) is 4.49. The molecule has 1 saturated heterocycles. The second-order valence-electron chi connectivity index (χ2n) is 7.62. The average Bonchev–Trinajstić information content (AvgIpc) is 2.80. The van der Waals surface area contributed by atoms with Crippen LogP contribution in [0.25, 0.3) is 0 Å². The lowest BCUT2D eigenvalue weighted by molar-refractivity contribution is -0.153. The molecule has 0 saturated carbocycles. The van der Waals surface area contributed by atoms with Gasteiger partial charge in [-0.3, -0.25) is 14.9 Å². The van der Waals surface area contributed by atoms with Crippen molar-refractivity contribution in [1.82, 2.24) is 10.2 Å². The first-order valence-electron chi connectivity index (χ1n) is 10.5. The Balaban J connectivity index is 1.55. The Morgan fingerprint density at radius 2 is 1.72 bits per heavy atom. The van der Waals surface area contributed by atoms with Gasteiger partial charge in [0.2, 0.25) is 11.9 Å². The molecule has 32 heavy (non-hydrogen) atoms. The fourth-order valence-corrected chi connectivity index (χ4v) is 4.08. The molecule has 0 bridgehead atoms. The molecule has 4 rings (SSSR count). The molecule has 168 valence electrons. The Morgan fingerprint density at radius 1 is 1.09 bits per heavy atom. The van der Waals surface area contributed by atoms with E-state index < -0.39 is 23.8 Å². The minimum Gasteiger partial charge on any atom is -0.465 e. The van der Waals surface area contributed by atoms with Crippen molar-refractivity contribution in [3.05, 3.63) is 64.9 Å². The zero-order chi connectivity index (χ0) is 22.7. The number of carbonyl (C=O) groups excluding carboxylic acids is 2. The molecule has 0 unspecified atom stereocenters. The van der Waals surface area contributed by atoms with Gasteiger partial charge in [-0.05, 0) is 48.9 Å². The van der Waals surface area contributed by atoms with E-state index in [1.807, 2.05) is 4.90 Å². The summed E-state index contributed by atoms with van der Waals surface area (Å²) in [5.74, 6) is -1.94. The van der Waals surface area contributed by atoms with E-state index in [2.05, 4.69) is 10.2 Å². The van der Waals surface area contributed by atoms with Crippen LogP contribution >= 0.6 is 11.6 Å². The van der Waals surface area contributed by atoms with Crippen molar-refractivity contribution in [3.63, 3.8) is 0 Å². The van der Waals surface area contributed by atoms with E-state index in [1.165, 1.54) is 12.1 Å². The third-order valence-corrected chi connectivity index (χ3v) is 5.87. The van der Waals surface area contributed by atoms with E-state index in [0.29, 0.717) is 42.7 Å². The minimum absolute atomic E-state index is 0.178. The Kier molecular flexibility index (Phi) is 6.60. The monoisotopic (exact) mass is 458 g/mol. The molecule has 1 N–H and O–H groups in total. The number of piperazine rings is 1. The Labute approximate surface area is 190 Å². The van der Waals surface area contributed by atoms with E-state index in [1.54, 1.807) is 43.3 Å². The summed E-state index contributed by atoms with van der Waals surface area (Å²) < 4.78 is 18.3. The summed E-state index contributed by atoms with van der Waals surface area (Å²) in [5.41, 5.74) is 1.66. The second kappa shape index (κ2) is 9.56. The number of nitrogens with zero attached hydrogens (tertiary/aromatic N) is 3. The maximum Gasteiger partial charge on any atom is 0.321 e. The van der Waals surface area contributed by atoms with Gasteiger partial charge in [0.05, 0.1) is 6.61 Å². The lowest BCUT2D eigenvalue weighted by Gasteiger charge is -2.39. The molecule has 2 heterocycles. The number of ether oxygens (including phenoxy) is 1. The fourth-order valence-electron chi connectivity index (χ4n) is 3.95. The molecule has 7 nitrogen and oxygen atoms in total. The van der Waals surface area contributed by atoms with Gasteiger partial charge >= 0.3 is 5.97 Å². The lowest BCUT2D eigenvalue weighted by Crippen LogP contribution is -2.57. The molecule has 0 aliphatic carbocycles. The standard InChI is InChI=1S/C23H24ClFN4O3/c1-2-32-22(31)19-20(15-3-5-16(24)6-4-15)26-23(27-21(19)30)29-13-11-28(12-14-29)18-9-7-17(25)8-10-18/h3-10,19-20H,2,11-14H2,1H3,(H,26,27,30)/t19-,20-/m0/s1. The molecule has 0 radical (unpaired) electrons. The van der Waals surface area contributed by atoms with Crippen LogP contribution in [0.3, 0.4) is 0 Å². The zero-order valence-corrected chi connectivity index (χ0v) is 18.4. The number of carbonyl (C=O) groups is 2. The van der Waals surface area contributed by atoms with Crippen LogP contribution in [0.15, 0.2) is 53.5 Å². The summed E-state index contributed by atoms with van der Waals surface area (Å²) >= 11 is 6.01. The smallest absolute Gasteiger partial charge is 0.321 e. The molecule has 2 aliphatic heterocycles. The number of hydrogen-bond donors (Lipinski definition) is 1. The number of benzene rings is 2. The first-order chi connectivity index (χ1) is 15.5. The number of halogens is 2. The van der Waals surface area contributed by atoms with Crippen LogP contribution in [-0.2, 0) is 14.3 Å². The molecule has 2 atom stereocenters. The first-order valence-corrected chi connectivity index (χ1v) is 10.9. The predicted octanol–water partition coefficient (Wildman–Crippen LogP) is 3.01. The van der Waals surface area contributed by atoms with Gasteiger partial charge < -0.3 is 14.5 Å². The van der Waals surface area contributed by atoms with Crippen molar-refractivity contribution in [2.75, 3.05) is 37.7 Å². The van der Waals surface area contributed by atoms with E-state index in [9.17, 15) is 14.0 Å². The van der Waals surface area contributed by atoms with Gasteiger partial charge in [-0.15, -0.1) is 0 Å². The van der Waals surface area contributed by atoms with Crippen molar-refractivity contribution in [3.8, 4) is 0 Å². The van der Waals surface area contributed by atoms with Crippen molar-refractivity contribution in [1.29, 1.82) is 0 Å². The number of rotatable bonds is 4. The maximum atomic E-state index is 13.2. The molecule has 9 heteroatoms. The van der Waals surface area contributed by atoms with Gasteiger partial charge in [0.1, 0.15) is 11.9 Å². The van der Waals surface area contributed by atoms with Crippen LogP contribution in [0.1, 0.15) is 18.5 Å². The van der Waals surface area contributed by atoms with Crippen LogP contribution in [0.4, 0.5) is 10.1 Å². The van der Waals surface area contributed by atoms with Gasteiger partial charge in [-0.1, -0.05) is 23.7 Å². The molecular formula is C23H24ClFN4O3. The molecule has 2 aliphatic rings. The van der Waals surface area contributed by atoms with Crippen LogP contribution in [0, 0.1) is 11.7 Å². The van der Waals surface area contributed by atoms with Crippen LogP contribution in [0.5, 0.6) is 0 Å². The highest BCUT2D eigenvalue weighted by Gasteiger charge is 2.42. The number of anilines is 1. The Morgan fingerprint density at radius 3 is 2.34 bits per heavy atom. The molecule has 1 fully saturated rings. The summed E-state index contributed by atoms with van der Waals surface area (Å²) in [6, 6.07) is 12.7. The molecule has 2 aromatic rings.